The lowest BCUT2D eigenvalue weighted by Gasteiger charge is -2.16. The van der Waals surface area contributed by atoms with Crippen LogP contribution in [0.2, 0.25) is 0 Å². The minimum absolute atomic E-state index is 0.0824. The predicted molar refractivity (Wildman–Crippen MR) is 70.9 cm³/mol. The molecule has 1 saturated heterocycles. The van der Waals surface area contributed by atoms with Crippen LogP contribution in [0.3, 0.4) is 0 Å². The number of rotatable bonds is 8. The molecule has 1 aliphatic carbocycles. The van der Waals surface area contributed by atoms with Crippen molar-refractivity contribution in [1.29, 1.82) is 0 Å². The summed E-state index contributed by atoms with van der Waals surface area (Å²) in [6.45, 7) is 3.14. The van der Waals surface area contributed by atoms with E-state index in [-0.39, 0.29) is 12.0 Å². The summed E-state index contributed by atoms with van der Waals surface area (Å²) in [5.74, 6) is 1.08. The Morgan fingerprint density at radius 1 is 1.21 bits per heavy atom. The predicted octanol–water partition coefficient (Wildman–Crippen LogP) is 0.971. The largest absolute Gasteiger partial charge is 0.462 e. The summed E-state index contributed by atoms with van der Waals surface area (Å²) in [5.41, 5.74) is 0. The van der Waals surface area contributed by atoms with Gasteiger partial charge in [-0.05, 0) is 37.6 Å². The Balaban J connectivity index is 1.55. The molecule has 3 unspecified atom stereocenters. The van der Waals surface area contributed by atoms with Gasteiger partial charge in [-0.2, -0.15) is 0 Å². The lowest BCUT2D eigenvalue weighted by atomic mass is 9.94. The van der Waals surface area contributed by atoms with E-state index in [9.17, 15) is 4.79 Å². The summed E-state index contributed by atoms with van der Waals surface area (Å²) in [4.78, 5) is 12.0. The van der Waals surface area contributed by atoms with E-state index in [2.05, 4.69) is 5.32 Å². The molecule has 3 atom stereocenters. The molecule has 0 aromatic rings. The van der Waals surface area contributed by atoms with Crippen LogP contribution in [0.25, 0.3) is 0 Å². The van der Waals surface area contributed by atoms with Gasteiger partial charge in [-0.1, -0.05) is 6.42 Å². The monoisotopic (exact) mass is 271 g/mol. The quantitative estimate of drug-likeness (QED) is 0.526. The zero-order valence-corrected chi connectivity index (χ0v) is 11.7. The number of carbonyl (C=O) groups excluding carboxylic acids is 1. The van der Waals surface area contributed by atoms with Crippen molar-refractivity contribution in [1.82, 2.24) is 5.32 Å². The van der Waals surface area contributed by atoms with Crippen molar-refractivity contribution in [2.45, 2.75) is 31.7 Å². The zero-order valence-electron chi connectivity index (χ0n) is 11.7. The van der Waals surface area contributed by atoms with E-state index in [0.717, 1.165) is 19.4 Å². The maximum absolute atomic E-state index is 12.0. The number of fused-ring (bicyclic) bond motifs is 1. The summed E-state index contributed by atoms with van der Waals surface area (Å²) >= 11 is 0. The summed E-state index contributed by atoms with van der Waals surface area (Å²) in [5, 5.41) is 3.30. The minimum Gasteiger partial charge on any atom is -0.462 e. The Morgan fingerprint density at radius 2 is 2.11 bits per heavy atom. The molecule has 1 aliphatic heterocycles. The van der Waals surface area contributed by atoms with Crippen LogP contribution in [0.5, 0.6) is 0 Å². The van der Waals surface area contributed by atoms with Crippen LogP contribution in [0.1, 0.15) is 25.7 Å². The molecule has 1 N–H and O–H groups in total. The second-order valence-electron chi connectivity index (χ2n) is 5.37. The molecule has 0 amide bonds. The van der Waals surface area contributed by atoms with Crippen molar-refractivity contribution >= 4 is 5.97 Å². The third-order valence-corrected chi connectivity index (χ3v) is 4.11. The lowest BCUT2D eigenvalue weighted by molar-refractivity contribution is -0.148. The Kier molecular flexibility index (Phi) is 6.07. The van der Waals surface area contributed by atoms with E-state index >= 15 is 0 Å². The van der Waals surface area contributed by atoms with Gasteiger partial charge in [0.05, 0.1) is 6.61 Å². The molecule has 1 saturated carbocycles. The third-order valence-electron chi connectivity index (χ3n) is 4.11. The summed E-state index contributed by atoms with van der Waals surface area (Å²) in [7, 11) is 1.67. The molecule has 1 heterocycles. The van der Waals surface area contributed by atoms with Gasteiger partial charge in [-0.25, -0.2) is 0 Å². The maximum atomic E-state index is 12.0. The van der Waals surface area contributed by atoms with Crippen molar-refractivity contribution < 1.29 is 19.0 Å². The number of hydrogen-bond acceptors (Lipinski definition) is 5. The molecule has 0 spiro atoms. The van der Waals surface area contributed by atoms with Crippen LogP contribution in [0.15, 0.2) is 0 Å². The first-order valence-corrected chi connectivity index (χ1v) is 7.29. The lowest BCUT2D eigenvalue weighted by Crippen LogP contribution is -2.37. The Labute approximate surface area is 115 Å². The molecule has 2 rings (SSSR count). The van der Waals surface area contributed by atoms with Crippen molar-refractivity contribution in [3.8, 4) is 0 Å². The number of hydrogen-bond donors (Lipinski definition) is 1. The fraction of sp³-hybridized carbons (Fsp3) is 0.929. The summed E-state index contributed by atoms with van der Waals surface area (Å²) in [6, 6.07) is -0.0824. The first kappa shape index (κ1) is 14.8. The van der Waals surface area contributed by atoms with Crippen molar-refractivity contribution in [3.05, 3.63) is 0 Å². The Hall–Kier alpha value is -0.650. The fourth-order valence-corrected chi connectivity index (χ4v) is 3.14. The molecule has 5 nitrogen and oxygen atoms in total. The van der Waals surface area contributed by atoms with Gasteiger partial charge in [0.2, 0.25) is 0 Å². The molecular formula is C14H25NO4. The topological polar surface area (TPSA) is 56.8 Å². The standard InChI is InChI=1S/C14H25NO4/c1-17-6-3-7-18-8-9-19-14(16)13-12-5-2-4-11(12)10-15-13/h11-13,15H,2-10H2,1H3. The smallest absolute Gasteiger partial charge is 0.323 e. The van der Waals surface area contributed by atoms with E-state index in [0.29, 0.717) is 38.3 Å². The molecular weight excluding hydrogens is 246 g/mol. The van der Waals surface area contributed by atoms with Crippen LogP contribution in [0.4, 0.5) is 0 Å². The normalized spacial score (nSPS) is 29.4. The van der Waals surface area contributed by atoms with E-state index in [1.807, 2.05) is 0 Å². The first-order chi connectivity index (χ1) is 9.33. The Bertz CT molecular complexity index is 285. The molecule has 0 bridgehead atoms. The van der Waals surface area contributed by atoms with Gasteiger partial charge in [0.25, 0.3) is 0 Å². The number of nitrogens with one attached hydrogen (secondary N) is 1. The first-order valence-electron chi connectivity index (χ1n) is 7.29. The summed E-state index contributed by atoms with van der Waals surface area (Å²) < 4.78 is 15.6. The molecule has 0 radical (unpaired) electrons. The third kappa shape index (κ3) is 4.16. The van der Waals surface area contributed by atoms with Gasteiger partial charge in [-0.3, -0.25) is 4.79 Å². The number of methoxy groups -OCH3 is 1. The molecule has 5 heteroatoms. The van der Waals surface area contributed by atoms with Crippen molar-refractivity contribution in [2.75, 3.05) is 40.1 Å². The summed E-state index contributed by atoms with van der Waals surface area (Å²) in [6.07, 6.45) is 4.54. The average Bonchev–Trinajstić information content (AvgIpc) is 2.99. The highest BCUT2D eigenvalue weighted by Gasteiger charge is 2.43. The van der Waals surface area contributed by atoms with E-state index in [1.54, 1.807) is 7.11 Å². The fourth-order valence-electron chi connectivity index (χ4n) is 3.14. The van der Waals surface area contributed by atoms with E-state index in [1.165, 1.54) is 12.8 Å². The average molecular weight is 271 g/mol. The minimum atomic E-state index is -0.102. The van der Waals surface area contributed by atoms with Crippen LogP contribution in [-0.2, 0) is 19.0 Å². The molecule has 0 aromatic carbocycles. The molecule has 2 aliphatic rings. The van der Waals surface area contributed by atoms with Gasteiger partial charge in [0.1, 0.15) is 12.6 Å². The Morgan fingerprint density at radius 3 is 2.95 bits per heavy atom. The van der Waals surface area contributed by atoms with Crippen LogP contribution < -0.4 is 5.32 Å². The van der Waals surface area contributed by atoms with Crippen molar-refractivity contribution in [2.24, 2.45) is 11.8 Å². The van der Waals surface area contributed by atoms with Gasteiger partial charge in [0, 0.05) is 20.3 Å². The van der Waals surface area contributed by atoms with Crippen molar-refractivity contribution in [3.63, 3.8) is 0 Å². The molecule has 110 valence electrons. The van der Waals surface area contributed by atoms with Crippen LogP contribution in [0, 0.1) is 11.8 Å². The highest BCUT2D eigenvalue weighted by molar-refractivity contribution is 5.76. The maximum Gasteiger partial charge on any atom is 0.323 e. The SMILES string of the molecule is COCCCOCCOC(=O)C1NCC2CCCC21. The van der Waals surface area contributed by atoms with E-state index in [4.69, 9.17) is 14.2 Å². The van der Waals surface area contributed by atoms with Crippen LogP contribution in [-0.4, -0.2) is 52.1 Å². The van der Waals surface area contributed by atoms with Gasteiger partial charge in [-0.15, -0.1) is 0 Å². The zero-order chi connectivity index (χ0) is 13.5. The number of carbonyl (C=O) groups is 1. The van der Waals surface area contributed by atoms with Gasteiger partial charge in [0.15, 0.2) is 0 Å². The number of ether oxygens (including phenoxy) is 3. The van der Waals surface area contributed by atoms with E-state index < -0.39 is 0 Å². The van der Waals surface area contributed by atoms with Gasteiger partial charge >= 0.3 is 5.97 Å². The number of esters is 1. The molecule has 19 heavy (non-hydrogen) atoms. The molecule has 2 fully saturated rings. The van der Waals surface area contributed by atoms with Gasteiger partial charge < -0.3 is 19.5 Å². The van der Waals surface area contributed by atoms with Crippen LogP contribution >= 0.6 is 0 Å². The second-order valence-corrected chi connectivity index (χ2v) is 5.37. The highest BCUT2D eigenvalue weighted by atomic mass is 16.6. The highest BCUT2D eigenvalue weighted by Crippen LogP contribution is 2.37. The second kappa shape index (κ2) is 7.82. The molecule has 0 aromatic heterocycles.